The summed E-state index contributed by atoms with van der Waals surface area (Å²) in [4.78, 5) is 23.7. The third kappa shape index (κ3) is 3.15. The zero-order chi connectivity index (χ0) is 16.5. The summed E-state index contributed by atoms with van der Waals surface area (Å²) in [6.45, 7) is -0.0990. The van der Waals surface area contributed by atoms with E-state index < -0.39 is 18.1 Å². The normalized spacial score (nSPS) is 15.0. The van der Waals surface area contributed by atoms with Crippen LogP contribution in [0.5, 0.6) is 0 Å². The van der Waals surface area contributed by atoms with Crippen LogP contribution in [0.2, 0.25) is 0 Å². The lowest BCUT2D eigenvalue weighted by molar-refractivity contribution is -0.185. The number of nitrogens with zero attached hydrogens (tertiary/aromatic N) is 1. The number of ether oxygens (including phenoxy) is 1. The van der Waals surface area contributed by atoms with Crippen LogP contribution in [0.4, 0.5) is 18.9 Å². The summed E-state index contributed by atoms with van der Waals surface area (Å²) in [6, 6.07) is 3.08. The molecule has 1 aliphatic heterocycles. The van der Waals surface area contributed by atoms with Crippen LogP contribution in [0, 0.1) is 0 Å². The van der Waals surface area contributed by atoms with Gasteiger partial charge in [-0.3, -0.25) is 4.79 Å². The van der Waals surface area contributed by atoms with Crippen molar-refractivity contribution >= 4 is 17.6 Å². The zero-order valence-electron chi connectivity index (χ0n) is 11.9. The molecule has 0 saturated heterocycles. The third-order valence-electron chi connectivity index (χ3n) is 3.61. The maximum Gasteiger partial charge on any atom is 0.471 e. The molecule has 1 amide bonds. The molecule has 0 aliphatic carbocycles. The van der Waals surface area contributed by atoms with E-state index in [0.29, 0.717) is 5.56 Å². The van der Waals surface area contributed by atoms with Crippen molar-refractivity contribution in [3.8, 4) is 0 Å². The summed E-state index contributed by atoms with van der Waals surface area (Å²) in [7, 11) is 1.22. The molecule has 1 aromatic carbocycles. The van der Waals surface area contributed by atoms with Gasteiger partial charge in [-0.1, -0.05) is 0 Å². The van der Waals surface area contributed by atoms with Gasteiger partial charge in [-0.05, 0) is 36.1 Å². The van der Waals surface area contributed by atoms with Crippen molar-refractivity contribution in [1.29, 1.82) is 0 Å². The second-order valence-electron chi connectivity index (χ2n) is 4.99. The van der Waals surface area contributed by atoms with E-state index in [1.807, 2.05) is 0 Å². The zero-order valence-corrected chi connectivity index (χ0v) is 11.9. The number of anilines is 1. The monoisotopic (exact) mass is 316 g/mol. The summed E-state index contributed by atoms with van der Waals surface area (Å²) in [5.74, 6) is -2.45. The van der Waals surface area contributed by atoms with Gasteiger partial charge >= 0.3 is 18.1 Å². The van der Waals surface area contributed by atoms with Crippen LogP contribution in [0.3, 0.4) is 0 Å². The molecule has 0 atom stereocenters. The van der Waals surface area contributed by atoms with Crippen molar-refractivity contribution in [2.45, 2.75) is 19.0 Å². The number of amides is 1. The van der Waals surface area contributed by atoms with Crippen molar-refractivity contribution < 1.29 is 27.5 Å². The summed E-state index contributed by atoms with van der Waals surface area (Å²) < 4.78 is 42.1. The summed E-state index contributed by atoms with van der Waals surface area (Å²) in [5.41, 5.74) is 7.60. The number of benzene rings is 1. The molecule has 1 heterocycles. The van der Waals surface area contributed by atoms with E-state index in [1.54, 1.807) is 6.07 Å². The standard InChI is InChI=1S/C14H15F3N2O3/c1-22-12(20)10-6-8-2-4-19(13(21)14(15,16)17)5-3-9(8)7-11(10)18/h6-7H,2-5,18H2,1H3. The number of hydrogen-bond acceptors (Lipinski definition) is 4. The molecule has 8 heteroatoms. The molecular formula is C14H15F3N2O3. The molecule has 2 rings (SSSR count). The molecule has 22 heavy (non-hydrogen) atoms. The highest BCUT2D eigenvalue weighted by Crippen LogP contribution is 2.25. The molecule has 1 aliphatic rings. The minimum atomic E-state index is -4.88. The number of alkyl halides is 3. The Labute approximate surface area is 124 Å². The Hall–Kier alpha value is -2.25. The minimum absolute atomic E-state index is 0.0393. The van der Waals surface area contributed by atoms with E-state index in [0.717, 1.165) is 10.5 Å². The Bertz CT molecular complexity index is 614. The van der Waals surface area contributed by atoms with E-state index in [4.69, 9.17) is 5.73 Å². The Morgan fingerprint density at radius 1 is 1.18 bits per heavy atom. The fourth-order valence-corrected chi connectivity index (χ4v) is 2.47. The molecule has 0 spiro atoms. The lowest BCUT2D eigenvalue weighted by Gasteiger charge is -2.21. The Morgan fingerprint density at radius 3 is 2.23 bits per heavy atom. The predicted molar refractivity (Wildman–Crippen MR) is 72.2 cm³/mol. The smallest absolute Gasteiger partial charge is 0.465 e. The average Bonchev–Trinajstić information content (AvgIpc) is 2.66. The van der Waals surface area contributed by atoms with Gasteiger partial charge in [-0.25, -0.2) is 4.79 Å². The Morgan fingerprint density at radius 2 is 1.73 bits per heavy atom. The number of nitrogens with two attached hydrogens (primary N) is 1. The first-order chi connectivity index (χ1) is 10.2. The van der Waals surface area contributed by atoms with Gasteiger partial charge in [0.2, 0.25) is 0 Å². The summed E-state index contributed by atoms with van der Waals surface area (Å²) >= 11 is 0. The molecule has 0 saturated carbocycles. The number of hydrogen-bond donors (Lipinski definition) is 1. The van der Waals surface area contributed by atoms with Gasteiger partial charge < -0.3 is 15.4 Å². The quantitative estimate of drug-likeness (QED) is 0.630. The first-order valence-electron chi connectivity index (χ1n) is 6.59. The van der Waals surface area contributed by atoms with Crippen LogP contribution in [0.15, 0.2) is 12.1 Å². The van der Waals surface area contributed by atoms with Crippen molar-refractivity contribution in [1.82, 2.24) is 4.90 Å². The van der Waals surface area contributed by atoms with E-state index >= 15 is 0 Å². The number of methoxy groups -OCH3 is 1. The van der Waals surface area contributed by atoms with Gasteiger partial charge in [0.25, 0.3) is 0 Å². The first-order valence-corrected chi connectivity index (χ1v) is 6.59. The second kappa shape index (κ2) is 5.86. The maximum absolute atomic E-state index is 12.5. The average molecular weight is 316 g/mol. The van der Waals surface area contributed by atoms with Crippen LogP contribution in [0.25, 0.3) is 0 Å². The van der Waals surface area contributed by atoms with Gasteiger partial charge in [0, 0.05) is 18.8 Å². The molecule has 0 aromatic heterocycles. The van der Waals surface area contributed by atoms with Crippen molar-refractivity contribution in [2.24, 2.45) is 0 Å². The Kier molecular flexibility index (Phi) is 4.30. The number of esters is 1. The molecule has 1 aromatic rings. The highest BCUT2D eigenvalue weighted by atomic mass is 19.4. The largest absolute Gasteiger partial charge is 0.471 e. The number of rotatable bonds is 1. The van der Waals surface area contributed by atoms with Gasteiger partial charge in [0.05, 0.1) is 12.7 Å². The lowest BCUT2D eigenvalue weighted by Crippen LogP contribution is -2.42. The number of carbonyl (C=O) groups excluding carboxylic acids is 2. The maximum atomic E-state index is 12.5. The number of carbonyl (C=O) groups is 2. The van der Waals surface area contributed by atoms with Gasteiger partial charge in [-0.15, -0.1) is 0 Å². The van der Waals surface area contributed by atoms with Gasteiger partial charge in [0.15, 0.2) is 0 Å². The topological polar surface area (TPSA) is 72.6 Å². The molecule has 120 valence electrons. The minimum Gasteiger partial charge on any atom is -0.465 e. The fraction of sp³-hybridized carbons (Fsp3) is 0.429. The van der Waals surface area contributed by atoms with E-state index in [9.17, 15) is 22.8 Å². The third-order valence-corrected chi connectivity index (χ3v) is 3.61. The van der Waals surface area contributed by atoms with Crippen molar-refractivity contribution in [3.63, 3.8) is 0 Å². The number of fused-ring (bicyclic) bond motifs is 1. The summed E-state index contributed by atoms with van der Waals surface area (Å²) in [6.07, 6.45) is -4.41. The number of nitrogen functional groups attached to an aromatic ring is 1. The first kappa shape index (κ1) is 16.1. The number of halogens is 3. The van der Waals surface area contributed by atoms with Crippen LogP contribution >= 0.6 is 0 Å². The van der Waals surface area contributed by atoms with Crippen molar-refractivity contribution in [2.75, 3.05) is 25.9 Å². The van der Waals surface area contributed by atoms with Crippen LogP contribution < -0.4 is 5.73 Å². The van der Waals surface area contributed by atoms with Crippen LogP contribution in [0.1, 0.15) is 21.5 Å². The van der Waals surface area contributed by atoms with Crippen LogP contribution in [-0.4, -0.2) is 43.2 Å². The van der Waals surface area contributed by atoms with Crippen molar-refractivity contribution in [3.05, 3.63) is 28.8 Å². The van der Waals surface area contributed by atoms with E-state index in [1.165, 1.54) is 13.2 Å². The van der Waals surface area contributed by atoms with Gasteiger partial charge in [-0.2, -0.15) is 13.2 Å². The molecule has 0 radical (unpaired) electrons. The molecular weight excluding hydrogens is 301 g/mol. The fourth-order valence-electron chi connectivity index (χ4n) is 2.47. The SMILES string of the molecule is COC(=O)c1cc2c(cc1N)CCN(C(=O)C(F)(F)F)CC2. The molecule has 5 nitrogen and oxygen atoms in total. The van der Waals surface area contributed by atoms with Gasteiger partial charge in [0.1, 0.15) is 0 Å². The predicted octanol–water partition coefficient (Wildman–Crippen LogP) is 1.54. The summed E-state index contributed by atoms with van der Waals surface area (Å²) in [5, 5.41) is 0. The van der Waals surface area contributed by atoms with E-state index in [-0.39, 0.29) is 37.2 Å². The van der Waals surface area contributed by atoms with E-state index in [2.05, 4.69) is 4.74 Å². The highest BCUT2D eigenvalue weighted by molar-refractivity contribution is 5.95. The second-order valence-corrected chi connectivity index (χ2v) is 4.99. The molecule has 0 bridgehead atoms. The molecule has 2 N–H and O–H groups in total. The molecule has 0 fully saturated rings. The van der Waals surface area contributed by atoms with Crippen LogP contribution in [-0.2, 0) is 22.4 Å². The molecule has 0 unspecified atom stereocenters. The highest BCUT2D eigenvalue weighted by Gasteiger charge is 2.42. The lowest BCUT2D eigenvalue weighted by atomic mass is 9.98. The Balaban J connectivity index is 2.26.